The molecule has 0 aliphatic rings. The number of rotatable bonds is 6. The third-order valence-corrected chi connectivity index (χ3v) is 5.82. The van der Waals surface area contributed by atoms with Gasteiger partial charge in [-0.1, -0.05) is 49.0 Å². The van der Waals surface area contributed by atoms with Gasteiger partial charge in [0, 0.05) is 10.9 Å². The minimum Gasteiger partial charge on any atom is -0.465 e. The fourth-order valence-electron chi connectivity index (χ4n) is 2.44. The molecule has 3 aromatic rings. The smallest absolute Gasteiger partial charge is 0.319 e. The van der Waals surface area contributed by atoms with Gasteiger partial charge in [0.15, 0.2) is 0 Å². The van der Waals surface area contributed by atoms with Gasteiger partial charge in [0.1, 0.15) is 21.4 Å². The summed E-state index contributed by atoms with van der Waals surface area (Å²) in [5.41, 5.74) is 2.24. The largest absolute Gasteiger partial charge is 0.465 e. The molecule has 0 aliphatic carbocycles. The Morgan fingerprint density at radius 2 is 2.04 bits per heavy atom. The number of hydrogen-bond donors (Lipinski definition) is 0. The number of thiophene rings is 1. The van der Waals surface area contributed by atoms with Crippen molar-refractivity contribution in [3.63, 3.8) is 0 Å². The molecule has 0 amide bonds. The molecule has 0 saturated heterocycles. The lowest BCUT2D eigenvalue weighted by atomic mass is 10.1. The van der Waals surface area contributed by atoms with Gasteiger partial charge in [-0.05, 0) is 18.9 Å². The number of carbonyl (C=O) groups excluding carboxylic acids is 1. The average molecular weight is 358 g/mol. The third-order valence-electron chi connectivity index (χ3n) is 3.59. The summed E-state index contributed by atoms with van der Waals surface area (Å²) in [5.74, 6) is -0.187. The molecule has 2 heterocycles. The first kappa shape index (κ1) is 16.9. The predicted octanol–water partition coefficient (Wildman–Crippen LogP) is 4.79. The van der Waals surface area contributed by atoms with Crippen LogP contribution in [0.2, 0.25) is 0 Å². The molecular weight excluding hydrogens is 340 g/mol. The fraction of sp³-hybridized carbons (Fsp3) is 0.278. The Labute approximate surface area is 149 Å². The van der Waals surface area contributed by atoms with Crippen LogP contribution in [0.25, 0.3) is 21.3 Å². The van der Waals surface area contributed by atoms with E-state index >= 15 is 0 Å². The Balaban J connectivity index is 2.02. The van der Waals surface area contributed by atoms with Crippen molar-refractivity contribution in [1.82, 2.24) is 9.97 Å². The third kappa shape index (κ3) is 3.44. The Morgan fingerprint density at radius 3 is 2.75 bits per heavy atom. The number of thioether (sulfide) groups is 1. The highest BCUT2D eigenvalue weighted by atomic mass is 32.2. The molecule has 0 radical (unpaired) electrons. The molecule has 0 fully saturated rings. The second-order valence-electron chi connectivity index (χ2n) is 5.14. The maximum absolute atomic E-state index is 12.1. The van der Waals surface area contributed by atoms with Crippen LogP contribution < -0.4 is 0 Å². The Hall–Kier alpha value is -1.92. The van der Waals surface area contributed by atoms with Crippen LogP contribution in [0, 0.1) is 0 Å². The van der Waals surface area contributed by atoms with Gasteiger partial charge in [-0.3, -0.25) is 4.79 Å². The van der Waals surface area contributed by atoms with E-state index in [1.807, 2.05) is 32.0 Å². The quantitative estimate of drug-likeness (QED) is 0.360. The Kier molecular flexibility index (Phi) is 5.48. The summed E-state index contributed by atoms with van der Waals surface area (Å²) in [6.07, 6.45) is 2.26. The lowest BCUT2D eigenvalue weighted by molar-refractivity contribution is -0.142. The van der Waals surface area contributed by atoms with Gasteiger partial charge in [0.25, 0.3) is 0 Å². The first-order valence-corrected chi connectivity index (χ1v) is 9.61. The van der Waals surface area contributed by atoms with Crippen molar-refractivity contribution in [2.45, 2.75) is 30.5 Å². The van der Waals surface area contributed by atoms with Crippen LogP contribution in [-0.2, 0) is 9.53 Å². The highest BCUT2D eigenvalue weighted by Gasteiger charge is 2.22. The fourth-order valence-corrected chi connectivity index (χ4v) is 4.45. The first-order chi connectivity index (χ1) is 11.7. The van der Waals surface area contributed by atoms with Gasteiger partial charge < -0.3 is 4.74 Å². The van der Waals surface area contributed by atoms with Gasteiger partial charge in [-0.2, -0.15) is 0 Å². The lowest BCUT2D eigenvalue weighted by Gasteiger charge is -2.13. The number of aromatic nitrogens is 2. The molecule has 6 heteroatoms. The maximum Gasteiger partial charge on any atom is 0.319 e. The topological polar surface area (TPSA) is 52.1 Å². The standard InChI is InChI=1S/C18H18N2O2S2/c1-3-14(18(21)22-4-2)24-17-15-13(12-8-6-5-7-9-12)10-23-16(15)19-11-20-17/h5-11,14H,3-4H2,1-2H3/t14-/m0/s1. The van der Waals surface area contributed by atoms with Gasteiger partial charge in [-0.25, -0.2) is 9.97 Å². The molecule has 124 valence electrons. The molecule has 4 nitrogen and oxygen atoms in total. The Morgan fingerprint density at radius 1 is 1.25 bits per heavy atom. The van der Waals surface area contributed by atoms with Crippen LogP contribution in [0.4, 0.5) is 0 Å². The summed E-state index contributed by atoms with van der Waals surface area (Å²) in [5, 5.41) is 3.69. The van der Waals surface area contributed by atoms with Crippen LogP contribution in [0.1, 0.15) is 20.3 Å². The molecule has 3 rings (SSSR count). The minimum atomic E-state index is -0.258. The molecule has 0 saturated carbocycles. The first-order valence-electron chi connectivity index (χ1n) is 7.85. The van der Waals surface area contributed by atoms with Gasteiger partial charge in [0.05, 0.1) is 12.0 Å². The molecule has 1 aromatic carbocycles. The minimum absolute atomic E-state index is 0.187. The summed E-state index contributed by atoms with van der Waals surface area (Å²) >= 11 is 3.06. The normalized spacial score (nSPS) is 12.2. The van der Waals surface area contributed by atoms with Crippen molar-refractivity contribution in [2.75, 3.05) is 6.61 Å². The van der Waals surface area contributed by atoms with Crippen LogP contribution in [0.5, 0.6) is 0 Å². The summed E-state index contributed by atoms with van der Waals surface area (Å²) in [4.78, 5) is 21.9. The molecular formula is C18H18N2O2S2. The van der Waals surface area contributed by atoms with Crippen molar-refractivity contribution in [3.8, 4) is 11.1 Å². The molecule has 1 atom stereocenters. The highest BCUT2D eigenvalue weighted by molar-refractivity contribution is 8.00. The van der Waals surface area contributed by atoms with Crippen LogP contribution in [0.15, 0.2) is 47.1 Å². The van der Waals surface area contributed by atoms with Gasteiger partial charge >= 0.3 is 5.97 Å². The van der Waals surface area contributed by atoms with E-state index in [1.54, 1.807) is 17.7 Å². The van der Waals surface area contributed by atoms with Crippen LogP contribution >= 0.6 is 23.1 Å². The molecule has 0 spiro atoms. The Bertz CT molecular complexity index is 833. The number of benzene rings is 1. The lowest BCUT2D eigenvalue weighted by Crippen LogP contribution is -2.19. The number of fused-ring (bicyclic) bond motifs is 1. The number of carbonyl (C=O) groups is 1. The zero-order valence-corrected chi connectivity index (χ0v) is 15.2. The molecule has 0 unspecified atom stereocenters. The second-order valence-corrected chi connectivity index (χ2v) is 7.19. The second kappa shape index (κ2) is 7.77. The van der Waals surface area contributed by atoms with Crippen LogP contribution in [0.3, 0.4) is 0 Å². The highest BCUT2D eigenvalue weighted by Crippen LogP contribution is 2.39. The van der Waals surface area contributed by atoms with Gasteiger partial charge in [0.2, 0.25) is 0 Å². The molecule has 0 N–H and O–H groups in total. The van der Waals surface area contributed by atoms with Crippen molar-refractivity contribution in [1.29, 1.82) is 0 Å². The van der Waals surface area contributed by atoms with Crippen molar-refractivity contribution < 1.29 is 9.53 Å². The number of ether oxygens (including phenoxy) is 1. The summed E-state index contributed by atoms with van der Waals surface area (Å²) in [6, 6.07) is 10.2. The SMILES string of the molecule is CCOC(=O)[C@H](CC)Sc1ncnc2scc(-c3ccccc3)c12. The van der Waals surface area contributed by atoms with E-state index in [0.717, 1.165) is 26.4 Å². The number of esters is 1. The molecule has 24 heavy (non-hydrogen) atoms. The van der Waals surface area contributed by atoms with E-state index in [9.17, 15) is 4.79 Å². The summed E-state index contributed by atoms with van der Waals surface area (Å²) in [7, 11) is 0. The summed E-state index contributed by atoms with van der Waals surface area (Å²) < 4.78 is 5.17. The van der Waals surface area contributed by atoms with E-state index in [4.69, 9.17) is 4.74 Å². The molecule has 0 aliphatic heterocycles. The molecule has 0 bridgehead atoms. The molecule has 2 aromatic heterocycles. The number of hydrogen-bond acceptors (Lipinski definition) is 6. The van der Waals surface area contributed by atoms with Crippen molar-refractivity contribution in [2.24, 2.45) is 0 Å². The summed E-state index contributed by atoms with van der Waals surface area (Å²) in [6.45, 7) is 4.20. The predicted molar refractivity (Wildman–Crippen MR) is 99.4 cm³/mol. The van der Waals surface area contributed by atoms with Crippen molar-refractivity contribution in [3.05, 3.63) is 42.0 Å². The number of nitrogens with zero attached hydrogens (tertiary/aromatic N) is 2. The average Bonchev–Trinajstić information content (AvgIpc) is 3.05. The van der Waals surface area contributed by atoms with E-state index in [0.29, 0.717) is 13.0 Å². The van der Waals surface area contributed by atoms with E-state index < -0.39 is 0 Å². The van der Waals surface area contributed by atoms with Crippen molar-refractivity contribution >= 4 is 39.3 Å². The monoisotopic (exact) mass is 358 g/mol. The zero-order chi connectivity index (χ0) is 16.9. The van der Waals surface area contributed by atoms with E-state index in [2.05, 4.69) is 27.5 Å². The zero-order valence-electron chi connectivity index (χ0n) is 13.6. The van der Waals surface area contributed by atoms with E-state index in [1.165, 1.54) is 11.8 Å². The van der Waals surface area contributed by atoms with E-state index in [-0.39, 0.29) is 11.2 Å². The van der Waals surface area contributed by atoms with Gasteiger partial charge in [-0.15, -0.1) is 11.3 Å². The van der Waals surface area contributed by atoms with Crippen LogP contribution in [-0.4, -0.2) is 27.8 Å². The maximum atomic E-state index is 12.1.